The molecule has 84 valence electrons. The van der Waals surface area contributed by atoms with Crippen molar-refractivity contribution in [2.45, 2.75) is 19.3 Å². The summed E-state index contributed by atoms with van der Waals surface area (Å²) in [4.78, 5) is 12.3. The molecule has 1 aromatic rings. The topological polar surface area (TPSA) is 26.3 Å². The molecule has 0 aromatic heterocycles. The van der Waals surface area contributed by atoms with Crippen molar-refractivity contribution in [3.63, 3.8) is 0 Å². The van der Waals surface area contributed by atoms with E-state index in [0.29, 0.717) is 22.4 Å². The molecule has 0 atom stereocenters. The monoisotopic (exact) mass is 284 g/mol. The van der Waals surface area contributed by atoms with Crippen LogP contribution in [0.5, 0.6) is 5.75 Å². The lowest BCUT2D eigenvalue weighted by molar-refractivity contribution is 0.0322. The summed E-state index contributed by atoms with van der Waals surface area (Å²) in [7, 11) is 0. The highest BCUT2D eigenvalue weighted by atomic mass is 79.9. The fourth-order valence-corrected chi connectivity index (χ4v) is 2.71. The average Bonchev–Trinajstić information content (AvgIpc) is 2.19. The zero-order valence-corrected chi connectivity index (χ0v) is 10.1. The number of fused-ring (bicyclic) bond motifs is 1. The molecule has 2 aliphatic rings. The molecule has 1 heterocycles. The number of halogens is 2. The summed E-state index contributed by atoms with van der Waals surface area (Å²) in [6.45, 7) is 0.403. The van der Waals surface area contributed by atoms with Gasteiger partial charge in [0.25, 0.3) is 0 Å². The van der Waals surface area contributed by atoms with E-state index in [-0.39, 0.29) is 11.2 Å². The van der Waals surface area contributed by atoms with Crippen LogP contribution >= 0.6 is 15.9 Å². The average molecular weight is 285 g/mol. The van der Waals surface area contributed by atoms with Crippen molar-refractivity contribution in [2.24, 2.45) is 5.41 Å². The van der Waals surface area contributed by atoms with E-state index in [1.807, 2.05) is 0 Å². The molecule has 0 saturated heterocycles. The third-order valence-electron chi connectivity index (χ3n) is 3.56. The van der Waals surface area contributed by atoms with Crippen molar-refractivity contribution in [3.8, 4) is 5.75 Å². The summed E-state index contributed by atoms with van der Waals surface area (Å²) < 4.78 is 19.1. The maximum Gasteiger partial charge on any atom is 0.176 e. The predicted octanol–water partition coefficient (Wildman–Crippen LogP) is 3.33. The predicted molar refractivity (Wildman–Crippen MR) is 60.2 cm³/mol. The largest absolute Gasteiger partial charge is 0.492 e. The summed E-state index contributed by atoms with van der Waals surface area (Å²) in [6, 6.07) is 2.81. The quantitative estimate of drug-likeness (QED) is 0.730. The molecular formula is C12H10BrFO2. The molecule has 1 saturated carbocycles. The van der Waals surface area contributed by atoms with Crippen LogP contribution in [0.4, 0.5) is 4.39 Å². The van der Waals surface area contributed by atoms with Crippen LogP contribution in [0.1, 0.15) is 29.6 Å². The molecule has 0 bridgehead atoms. The second-order valence-corrected chi connectivity index (χ2v) is 5.37. The number of carbonyl (C=O) groups is 1. The first kappa shape index (κ1) is 10.3. The van der Waals surface area contributed by atoms with E-state index in [4.69, 9.17) is 4.74 Å². The Morgan fingerprint density at radius 3 is 2.75 bits per heavy atom. The molecule has 0 unspecified atom stereocenters. The highest BCUT2D eigenvalue weighted by molar-refractivity contribution is 9.10. The van der Waals surface area contributed by atoms with Crippen molar-refractivity contribution >= 4 is 21.7 Å². The fourth-order valence-electron chi connectivity index (χ4n) is 2.37. The van der Waals surface area contributed by atoms with Gasteiger partial charge in [-0.2, -0.15) is 0 Å². The molecule has 0 N–H and O–H groups in total. The minimum atomic E-state index is -0.392. The van der Waals surface area contributed by atoms with Crippen LogP contribution in [0.2, 0.25) is 0 Å². The number of carbonyl (C=O) groups excluding carboxylic acids is 1. The number of rotatable bonds is 0. The Morgan fingerprint density at radius 1 is 1.38 bits per heavy atom. The lowest BCUT2D eigenvalue weighted by Crippen LogP contribution is -2.46. The van der Waals surface area contributed by atoms with Gasteiger partial charge in [0.2, 0.25) is 0 Å². The van der Waals surface area contributed by atoms with Crippen molar-refractivity contribution in [1.29, 1.82) is 0 Å². The second kappa shape index (κ2) is 3.29. The maximum atomic E-state index is 13.3. The minimum absolute atomic E-state index is 0.112. The Bertz CT molecular complexity index is 480. The smallest absolute Gasteiger partial charge is 0.176 e. The van der Waals surface area contributed by atoms with Gasteiger partial charge in [0.05, 0.1) is 15.5 Å². The Kier molecular flexibility index (Phi) is 2.11. The van der Waals surface area contributed by atoms with Gasteiger partial charge in [-0.3, -0.25) is 4.79 Å². The molecule has 0 amide bonds. The van der Waals surface area contributed by atoms with Crippen molar-refractivity contribution < 1.29 is 13.9 Å². The van der Waals surface area contributed by atoms with Crippen LogP contribution in [0, 0.1) is 11.2 Å². The van der Waals surface area contributed by atoms with Crippen LogP contribution in [-0.4, -0.2) is 12.4 Å². The van der Waals surface area contributed by atoms with E-state index in [1.54, 1.807) is 0 Å². The Labute approximate surface area is 101 Å². The van der Waals surface area contributed by atoms with Gasteiger partial charge in [-0.1, -0.05) is 6.42 Å². The Morgan fingerprint density at radius 2 is 2.12 bits per heavy atom. The van der Waals surface area contributed by atoms with Gasteiger partial charge in [-0.15, -0.1) is 0 Å². The first-order valence-electron chi connectivity index (χ1n) is 5.29. The van der Waals surface area contributed by atoms with Crippen LogP contribution in [0.15, 0.2) is 16.6 Å². The summed E-state index contributed by atoms with van der Waals surface area (Å²) >= 11 is 3.10. The molecule has 1 spiro atoms. The van der Waals surface area contributed by atoms with Crippen molar-refractivity contribution in [1.82, 2.24) is 0 Å². The minimum Gasteiger partial charge on any atom is -0.492 e. The van der Waals surface area contributed by atoms with E-state index < -0.39 is 5.82 Å². The first-order chi connectivity index (χ1) is 7.62. The van der Waals surface area contributed by atoms with Crippen LogP contribution in [-0.2, 0) is 0 Å². The van der Waals surface area contributed by atoms with E-state index in [0.717, 1.165) is 19.3 Å². The molecule has 1 fully saturated rings. The molecule has 1 aliphatic carbocycles. The number of hydrogen-bond acceptors (Lipinski definition) is 2. The standard InChI is InChI=1S/C12H10BrFO2/c13-8-4-7-10(5-9(8)14)16-6-12(11(7)15)2-1-3-12/h4-5H,1-3,6H2. The number of ether oxygens (including phenoxy) is 1. The molecule has 2 nitrogen and oxygen atoms in total. The molecular weight excluding hydrogens is 275 g/mol. The molecule has 16 heavy (non-hydrogen) atoms. The van der Waals surface area contributed by atoms with Gasteiger partial charge in [-0.05, 0) is 34.8 Å². The third-order valence-corrected chi connectivity index (χ3v) is 4.17. The van der Waals surface area contributed by atoms with E-state index in [2.05, 4.69) is 15.9 Å². The Hall–Kier alpha value is -0.900. The number of Topliss-reactive ketones (excluding diaryl/α,β-unsaturated/α-hetero) is 1. The van der Waals surface area contributed by atoms with Gasteiger partial charge in [0.1, 0.15) is 18.2 Å². The third kappa shape index (κ3) is 1.25. The van der Waals surface area contributed by atoms with E-state index in [9.17, 15) is 9.18 Å². The summed E-state index contributed by atoms with van der Waals surface area (Å²) in [5.41, 5.74) is 0.198. The summed E-state index contributed by atoms with van der Waals surface area (Å²) in [5, 5.41) is 0. The first-order valence-corrected chi connectivity index (χ1v) is 6.08. The second-order valence-electron chi connectivity index (χ2n) is 4.51. The van der Waals surface area contributed by atoms with Crippen molar-refractivity contribution in [3.05, 3.63) is 28.0 Å². The Balaban J connectivity index is 2.10. The van der Waals surface area contributed by atoms with Crippen LogP contribution in [0.3, 0.4) is 0 Å². The summed E-state index contributed by atoms with van der Waals surface area (Å²) in [6.07, 6.45) is 2.85. The van der Waals surface area contributed by atoms with E-state index >= 15 is 0 Å². The van der Waals surface area contributed by atoms with Gasteiger partial charge in [0, 0.05) is 6.07 Å². The number of ketones is 1. The molecule has 3 rings (SSSR count). The number of benzene rings is 1. The molecule has 1 aliphatic heterocycles. The van der Waals surface area contributed by atoms with Gasteiger partial charge in [0.15, 0.2) is 5.78 Å². The zero-order chi connectivity index (χ0) is 11.3. The van der Waals surface area contributed by atoms with Crippen LogP contribution < -0.4 is 4.74 Å². The molecule has 4 heteroatoms. The van der Waals surface area contributed by atoms with Crippen molar-refractivity contribution in [2.75, 3.05) is 6.61 Å². The zero-order valence-electron chi connectivity index (χ0n) is 8.56. The lowest BCUT2D eigenvalue weighted by atomic mass is 9.64. The SMILES string of the molecule is O=C1c2cc(Br)c(F)cc2OCC12CCC2. The van der Waals surface area contributed by atoms with E-state index in [1.165, 1.54) is 12.1 Å². The van der Waals surface area contributed by atoms with Gasteiger partial charge >= 0.3 is 0 Å². The lowest BCUT2D eigenvalue weighted by Gasteiger charge is -2.43. The maximum absolute atomic E-state index is 13.3. The number of hydrogen-bond donors (Lipinski definition) is 0. The summed E-state index contributed by atoms with van der Waals surface area (Å²) in [5.74, 6) is 0.0973. The fraction of sp³-hybridized carbons (Fsp3) is 0.417. The normalized spacial score (nSPS) is 21.2. The van der Waals surface area contributed by atoms with Crippen LogP contribution in [0.25, 0.3) is 0 Å². The molecule has 0 radical (unpaired) electrons. The highest BCUT2D eigenvalue weighted by Gasteiger charge is 2.48. The van der Waals surface area contributed by atoms with Gasteiger partial charge < -0.3 is 4.74 Å². The highest BCUT2D eigenvalue weighted by Crippen LogP contribution is 2.48. The molecule has 1 aromatic carbocycles. The van der Waals surface area contributed by atoms with Gasteiger partial charge in [-0.25, -0.2) is 4.39 Å².